The second-order valence-corrected chi connectivity index (χ2v) is 5.69. The van der Waals surface area contributed by atoms with E-state index in [0.717, 1.165) is 37.9 Å². The Bertz CT molecular complexity index is 462. The fourth-order valence-corrected chi connectivity index (χ4v) is 3.48. The highest BCUT2D eigenvalue weighted by atomic mass is 19.1. The van der Waals surface area contributed by atoms with Crippen molar-refractivity contribution < 1.29 is 9.50 Å². The Morgan fingerprint density at radius 2 is 2.17 bits per heavy atom. The topological polar surface area (TPSA) is 23.5 Å². The van der Waals surface area contributed by atoms with Crippen LogP contribution in [0.1, 0.15) is 36.8 Å². The molecule has 2 saturated heterocycles. The number of hydrogen-bond donors (Lipinski definition) is 1. The number of piperidine rings is 1. The van der Waals surface area contributed by atoms with Crippen LogP contribution in [0.4, 0.5) is 4.39 Å². The van der Waals surface area contributed by atoms with Crippen LogP contribution in [0.5, 0.6) is 0 Å². The number of rotatable bonds is 1. The number of fused-ring (bicyclic) bond motifs is 1. The average Bonchev–Trinajstić information content (AvgIpc) is 2.73. The molecule has 1 aromatic carbocycles. The first-order chi connectivity index (χ1) is 8.61. The summed E-state index contributed by atoms with van der Waals surface area (Å²) < 4.78 is 13.7. The van der Waals surface area contributed by atoms with Gasteiger partial charge in [0.2, 0.25) is 0 Å². The number of halogens is 1. The second-order valence-electron chi connectivity index (χ2n) is 5.69. The SMILES string of the molecule is Cc1ccc(C2(O)CCN3CCCCC32)cc1F. The molecule has 18 heavy (non-hydrogen) atoms. The Labute approximate surface area is 107 Å². The van der Waals surface area contributed by atoms with Crippen LogP contribution in [0, 0.1) is 12.7 Å². The van der Waals surface area contributed by atoms with E-state index in [-0.39, 0.29) is 11.9 Å². The molecule has 2 fully saturated rings. The van der Waals surface area contributed by atoms with Gasteiger partial charge in [-0.15, -0.1) is 0 Å². The van der Waals surface area contributed by atoms with Crippen molar-refractivity contribution in [1.82, 2.24) is 4.90 Å². The zero-order valence-corrected chi connectivity index (χ0v) is 10.8. The van der Waals surface area contributed by atoms with Gasteiger partial charge in [0, 0.05) is 12.6 Å². The Kier molecular flexibility index (Phi) is 2.91. The van der Waals surface area contributed by atoms with Crippen molar-refractivity contribution in [3.8, 4) is 0 Å². The lowest BCUT2D eigenvalue weighted by Crippen LogP contribution is -2.45. The van der Waals surface area contributed by atoms with Gasteiger partial charge in [-0.25, -0.2) is 4.39 Å². The molecule has 0 saturated carbocycles. The van der Waals surface area contributed by atoms with Gasteiger partial charge in [-0.3, -0.25) is 4.90 Å². The highest BCUT2D eigenvalue weighted by molar-refractivity contribution is 5.31. The maximum atomic E-state index is 13.7. The summed E-state index contributed by atoms with van der Waals surface area (Å²) in [4.78, 5) is 2.36. The molecule has 2 heterocycles. The Morgan fingerprint density at radius 1 is 1.33 bits per heavy atom. The minimum Gasteiger partial charge on any atom is -0.383 e. The van der Waals surface area contributed by atoms with Crippen LogP contribution in [-0.2, 0) is 5.60 Å². The maximum Gasteiger partial charge on any atom is 0.126 e. The van der Waals surface area contributed by atoms with Crippen molar-refractivity contribution in [2.24, 2.45) is 0 Å². The van der Waals surface area contributed by atoms with Crippen LogP contribution >= 0.6 is 0 Å². The predicted molar refractivity (Wildman–Crippen MR) is 68.9 cm³/mol. The predicted octanol–water partition coefficient (Wildman–Crippen LogP) is 2.58. The lowest BCUT2D eigenvalue weighted by Gasteiger charge is -2.37. The zero-order valence-electron chi connectivity index (χ0n) is 10.8. The van der Waals surface area contributed by atoms with E-state index in [2.05, 4.69) is 4.90 Å². The molecule has 3 heteroatoms. The van der Waals surface area contributed by atoms with Crippen LogP contribution in [0.3, 0.4) is 0 Å². The summed E-state index contributed by atoms with van der Waals surface area (Å²) in [6.45, 7) is 3.75. The number of aliphatic hydroxyl groups is 1. The van der Waals surface area contributed by atoms with Gasteiger partial charge >= 0.3 is 0 Å². The minimum absolute atomic E-state index is 0.174. The summed E-state index contributed by atoms with van der Waals surface area (Å²) in [5.74, 6) is -0.213. The summed E-state index contributed by atoms with van der Waals surface area (Å²) in [5, 5.41) is 11.0. The molecule has 0 bridgehead atoms. The average molecular weight is 249 g/mol. The minimum atomic E-state index is -0.852. The molecule has 2 unspecified atom stereocenters. The van der Waals surface area contributed by atoms with E-state index in [0.29, 0.717) is 5.56 Å². The Hall–Kier alpha value is -0.930. The first kappa shape index (κ1) is 12.1. The molecule has 0 aromatic heterocycles. The molecule has 3 rings (SSSR count). The first-order valence-corrected chi connectivity index (χ1v) is 6.84. The molecular weight excluding hydrogens is 229 g/mol. The summed E-state index contributed by atoms with van der Waals surface area (Å²) in [6, 6.07) is 5.35. The summed E-state index contributed by atoms with van der Waals surface area (Å²) in [7, 11) is 0. The molecule has 0 radical (unpaired) electrons. The van der Waals surface area contributed by atoms with E-state index in [1.54, 1.807) is 13.0 Å². The number of hydrogen-bond acceptors (Lipinski definition) is 2. The summed E-state index contributed by atoms with van der Waals surface area (Å²) in [5.41, 5.74) is 0.537. The number of benzene rings is 1. The van der Waals surface area contributed by atoms with Crippen LogP contribution in [0.2, 0.25) is 0 Å². The summed E-state index contributed by atoms with van der Waals surface area (Å²) >= 11 is 0. The van der Waals surface area contributed by atoms with Crippen molar-refractivity contribution in [2.45, 2.75) is 44.2 Å². The number of nitrogens with zero attached hydrogens (tertiary/aromatic N) is 1. The smallest absolute Gasteiger partial charge is 0.126 e. The van der Waals surface area contributed by atoms with E-state index >= 15 is 0 Å². The van der Waals surface area contributed by atoms with Crippen molar-refractivity contribution in [1.29, 1.82) is 0 Å². The molecule has 1 aromatic rings. The highest BCUT2D eigenvalue weighted by Gasteiger charge is 2.47. The summed E-state index contributed by atoms with van der Waals surface area (Å²) in [6.07, 6.45) is 4.12. The maximum absolute atomic E-state index is 13.7. The van der Waals surface area contributed by atoms with Crippen LogP contribution in [-0.4, -0.2) is 29.1 Å². The van der Waals surface area contributed by atoms with Gasteiger partial charge in [-0.1, -0.05) is 18.6 Å². The lowest BCUT2D eigenvalue weighted by molar-refractivity contribution is -0.0140. The lowest BCUT2D eigenvalue weighted by atomic mass is 9.82. The van der Waals surface area contributed by atoms with Crippen molar-refractivity contribution in [3.63, 3.8) is 0 Å². The Morgan fingerprint density at radius 3 is 2.94 bits per heavy atom. The van der Waals surface area contributed by atoms with E-state index in [9.17, 15) is 9.50 Å². The van der Waals surface area contributed by atoms with Crippen LogP contribution < -0.4 is 0 Å². The Balaban J connectivity index is 1.96. The van der Waals surface area contributed by atoms with Crippen molar-refractivity contribution in [3.05, 3.63) is 35.1 Å². The van der Waals surface area contributed by atoms with Crippen molar-refractivity contribution in [2.75, 3.05) is 13.1 Å². The van der Waals surface area contributed by atoms with E-state index in [1.165, 1.54) is 12.5 Å². The normalized spacial score (nSPS) is 32.5. The molecule has 98 valence electrons. The molecule has 1 N–H and O–H groups in total. The zero-order chi connectivity index (χ0) is 12.8. The van der Waals surface area contributed by atoms with Gasteiger partial charge in [0.25, 0.3) is 0 Å². The molecule has 2 aliphatic rings. The van der Waals surface area contributed by atoms with E-state index < -0.39 is 5.60 Å². The highest BCUT2D eigenvalue weighted by Crippen LogP contribution is 2.42. The van der Waals surface area contributed by atoms with Crippen molar-refractivity contribution >= 4 is 0 Å². The third kappa shape index (κ3) is 1.77. The van der Waals surface area contributed by atoms with Crippen LogP contribution in [0.15, 0.2) is 18.2 Å². The monoisotopic (exact) mass is 249 g/mol. The second kappa shape index (κ2) is 4.32. The third-order valence-corrected chi connectivity index (χ3v) is 4.62. The quantitative estimate of drug-likeness (QED) is 0.827. The van der Waals surface area contributed by atoms with Crippen LogP contribution in [0.25, 0.3) is 0 Å². The fraction of sp³-hybridized carbons (Fsp3) is 0.600. The molecule has 0 amide bonds. The standard InChI is InChI=1S/C15H20FNO/c1-11-5-6-12(10-13(11)16)15(18)7-9-17-8-3-2-4-14(15)17/h5-6,10,14,18H,2-4,7-9H2,1H3. The van der Waals surface area contributed by atoms with Gasteiger partial charge in [0.05, 0.1) is 0 Å². The molecule has 2 atom stereocenters. The van der Waals surface area contributed by atoms with E-state index in [1.807, 2.05) is 6.07 Å². The fourth-order valence-electron chi connectivity index (χ4n) is 3.48. The van der Waals surface area contributed by atoms with Gasteiger partial charge in [0.15, 0.2) is 0 Å². The number of aryl methyl sites for hydroxylation is 1. The van der Waals surface area contributed by atoms with Gasteiger partial charge in [0.1, 0.15) is 11.4 Å². The van der Waals surface area contributed by atoms with Gasteiger partial charge < -0.3 is 5.11 Å². The molecule has 0 aliphatic carbocycles. The third-order valence-electron chi connectivity index (χ3n) is 4.62. The van der Waals surface area contributed by atoms with Gasteiger partial charge in [-0.2, -0.15) is 0 Å². The van der Waals surface area contributed by atoms with Gasteiger partial charge in [-0.05, 0) is 49.9 Å². The molecule has 2 nitrogen and oxygen atoms in total. The molecule has 0 spiro atoms. The molecular formula is C15H20FNO. The van der Waals surface area contributed by atoms with E-state index in [4.69, 9.17) is 0 Å². The largest absolute Gasteiger partial charge is 0.383 e. The molecule has 2 aliphatic heterocycles. The first-order valence-electron chi connectivity index (χ1n) is 6.84.